The Morgan fingerprint density at radius 1 is 1.38 bits per heavy atom. The SMILES string of the molecule is CC(C)CNC(=O)/C=C/C=CCCc1ccc(F)c(Cl)c1. The van der Waals surface area contributed by atoms with E-state index in [-0.39, 0.29) is 10.9 Å². The highest BCUT2D eigenvalue weighted by Gasteiger charge is 1.99. The normalized spacial score (nSPS) is 11.7. The van der Waals surface area contributed by atoms with Crippen molar-refractivity contribution >= 4 is 17.5 Å². The van der Waals surface area contributed by atoms with Crippen molar-refractivity contribution in [3.05, 3.63) is 58.9 Å². The molecule has 0 aliphatic rings. The van der Waals surface area contributed by atoms with E-state index < -0.39 is 5.82 Å². The van der Waals surface area contributed by atoms with Crippen LogP contribution in [0.3, 0.4) is 0 Å². The van der Waals surface area contributed by atoms with Crippen LogP contribution in [-0.4, -0.2) is 12.5 Å². The van der Waals surface area contributed by atoms with E-state index in [2.05, 4.69) is 5.32 Å². The van der Waals surface area contributed by atoms with E-state index in [1.165, 1.54) is 12.1 Å². The highest BCUT2D eigenvalue weighted by molar-refractivity contribution is 6.30. The largest absolute Gasteiger partial charge is 0.352 e. The molecule has 0 bridgehead atoms. The predicted octanol–water partition coefficient (Wildman–Crippen LogP) is 4.30. The Morgan fingerprint density at radius 2 is 2.14 bits per heavy atom. The third-order valence-corrected chi connectivity index (χ3v) is 3.05. The molecule has 2 nitrogen and oxygen atoms in total. The van der Waals surface area contributed by atoms with Crippen molar-refractivity contribution in [1.82, 2.24) is 5.32 Å². The van der Waals surface area contributed by atoms with Crippen LogP contribution < -0.4 is 5.32 Å². The van der Waals surface area contributed by atoms with Crippen LogP contribution in [0.2, 0.25) is 5.02 Å². The predicted molar refractivity (Wildman–Crippen MR) is 85.9 cm³/mol. The average Bonchev–Trinajstić information content (AvgIpc) is 2.44. The Labute approximate surface area is 130 Å². The van der Waals surface area contributed by atoms with E-state index >= 15 is 0 Å². The summed E-state index contributed by atoms with van der Waals surface area (Å²) in [5.41, 5.74) is 0.990. The summed E-state index contributed by atoms with van der Waals surface area (Å²) in [6.45, 7) is 4.77. The van der Waals surface area contributed by atoms with Gasteiger partial charge in [0.05, 0.1) is 5.02 Å². The number of benzene rings is 1. The molecule has 1 N–H and O–H groups in total. The minimum Gasteiger partial charge on any atom is -0.352 e. The minimum atomic E-state index is -0.397. The molecule has 0 spiro atoms. The molecule has 0 saturated heterocycles. The number of nitrogens with one attached hydrogen (secondary N) is 1. The summed E-state index contributed by atoms with van der Waals surface area (Å²) in [6, 6.07) is 4.74. The van der Waals surface area contributed by atoms with Gasteiger partial charge in [-0.05, 0) is 36.5 Å². The van der Waals surface area contributed by atoms with Crippen molar-refractivity contribution in [2.24, 2.45) is 5.92 Å². The lowest BCUT2D eigenvalue weighted by Crippen LogP contribution is -2.25. The number of hydrogen-bond acceptors (Lipinski definition) is 1. The zero-order valence-electron chi connectivity index (χ0n) is 12.4. The maximum Gasteiger partial charge on any atom is 0.243 e. The quantitative estimate of drug-likeness (QED) is 0.590. The molecule has 0 unspecified atom stereocenters. The number of allylic oxidation sites excluding steroid dienone is 3. The number of aryl methyl sites for hydroxylation is 1. The maximum absolute atomic E-state index is 13.0. The van der Waals surface area contributed by atoms with E-state index in [0.29, 0.717) is 12.5 Å². The summed E-state index contributed by atoms with van der Waals surface area (Å²) in [5, 5.41) is 2.95. The monoisotopic (exact) mass is 309 g/mol. The van der Waals surface area contributed by atoms with E-state index in [4.69, 9.17) is 11.6 Å². The fourth-order valence-corrected chi connectivity index (χ4v) is 1.83. The Bertz CT molecular complexity index is 524. The van der Waals surface area contributed by atoms with Gasteiger partial charge in [0.2, 0.25) is 5.91 Å². The van der Waals surface area contributed by atoms with Crippen molar-refractivity contribution in [1.29, 1.82) is 0 Å². The summed E-state index contributed by atoms with van der Waals surface area (Å²) in [6.07, 6.45) is 8.61. The van der Waals surface area contributed by atoms with Crippen molar-refractivity contribution < 1.29 is 9.18 Å². The molecule has 0 fully saturated rings. The molecule has 0 aliphatic carbocycles. The molecule has 0 aliphatic heterocycles. The van der Waals surface area contributed by atoms with Crippen molar-refractivity contribution in [3.63, 3.8) is 0 Å². The number of amides is 1. The highest BCUT2D eigenvalue weighted by Crippen LogP contribution is 2.17. The minimum absolute atomic E-state index is 0.0846. The lowest BCUT2D eigenvalue weighted by atomic mass is 10.1. The molecule has 21 heavy (non-hydrogen) atoms. The molecule has 0 aromatic heterocycles. The first-order valence-corrected chi connectivity index (χ1v) is 7.42. The van der Waals surface area contributed by atoms with Crippen LogP contribution in [0.1, 0.15) is 25.8 Å². The van der Waals surface area contributed by atoms with Gasteiger partial charge < -0.3 is 5.32 Å². The molecule has 1 aromatic rings. The van der Waals surface area contributed by atoms with Crippen LogP contribution in [0.5, 0.6) is 0 Å². The zero-order valence-corrected chi connectivity index (χ0v) is 13.2. The van der Waals surface area contributed by atoms with Gasteiger partial charge >= 0.3 is 0 Å². The number of rotatable bonds is 7. The highest BCUT2D eigenvalue weighted by atomic mass is 35.5. The topological polar surface area (TPSA) is 29.1 Å². The Hall–Kier alpha value is -1.61. The molecule has 1 rings (SSSR count). The number of carbonyl (C=O) groups is 1. The first kappa shape index (κ1) is 17.4. The fraction of sp³-hybridized carbons (Fsp3) is 0.353. The van der Waals surface area contributed by atoms with Gasteiger partial charge in [-0.2, -0.15) is 0 Å². The standard InChI is InChI=1S/C17H21ClFNO/c1-13(2)12-20-17(21)8-6-4-3-5-7-14-9-10-16(19)15(18)11-14/h3-4,6,8-11,13H,5,7,12H2,1-2H3,(H,20,21)/b4-3?,8-6+. The van der Waals surface area contributed by atoms with Crippen LogP contribution in [0, 0.1) is 11.7 Å². The fourth-order valence-electron chi connectivity index (χ4n) is 1.63. The molecular formula is C17H21ClFNO. The molecule has 4 heteroatoms. The van der Waals surface area contributed by atoms with Gasteiger partial charge in [-0.1, -0.05) is 49.7 Å². The second-order valence-electron chi connectivity index (χ2n) is 5.21. The summed E-state index contributed by atoms with van der Waals surface area (Å²) in [4.78, 5) is 11.4. The molecule has 0 radical (unpaired) electrons. The number of hydrogen-bond donors (Lipinski definition) is 1. The van der Waals surface area contributed by atoms with Crippen LogP contribution in [0.25, 0.3) is 0 Å². The van der Waals surface area contributed by atoms with Gasteiger partial charge in [0.1, 0.15) is 5.82 Å². The van der Waals surface area contributed by atoms with Crippen LogP contribution in [-0.2, 0) is 11.2 Å². The zero-order chi connectivity index (χ0) is 15.7. The second-order valence-corrected chi connectivity index (χ2v) is 5.62. The number of halogens is 2. The van der Waals surface area contributed by atoms with E-state index in [9.17, 15) is 9.18 Å². The third kappa shape index (κ3) is 7.66. The number of carbonyl (C=O) groups excluding carboxylic acids is 1. The average molecular weight is 310 g/mol. The maximum atomic E-state index is 13.0. The van der Waals surface area contributed by atoms with Gasteiger partial charge in [0, 0.05) is 12.6 Å². The van der Waals surface area contributed by atoms with Gasteiger partial charge in [-0.15, -0.1) is 0 Å². The molecule has 0 heterocycles. The Morgan fingerprint density at radius 3 is 2.81 bits per heavy atom. The lowest BCUT2D eigenvalue weighted by molar-refractivity contribution is -0.116. The summed E-state index contributed by atoms with van der Waals surface area (Å²) in [5.74, 6) is -0.0367. The van der Waals surface area contributed by atoms with Crippen molar-refractivity contribution in [2.75, 3.05) is 6.54 Å². The van der Waals surface area contributed by atoms with E-state index in [1.807, 2.05) is 26.0 Å². The Balaban J connectivity index is 2.28. The molecular weight excluding hydrogens is 289 g/mol. The summed E-state index contributed by atoms with van der Waals surface area (Å²) >= 11 is 5.71. The lowest BCUT2D eigenvalue weighted by Gasteiger charge is -2.03. The second kappa shape index (κ2) is 9.35. The van der Waals surface area contributed by atoms with Crippen molar-refractivity contribution in [2.45, 2.75) is 26.7 Å². The van der Waals surface area contributed by atoms with Gasteiger partial charge in [0.25, 0.3) is 0 Å². The first-order valence-electron chi connectivity index (χ1n) is 7.04. The van der Waals surface area contributed by atoms with Gasteiger partial charge in [-0.25, -0.2) is 4.39 Å². The smallest absolute Gasteiger partial charge is 0.243 e. The van der Waals surface area contributed by atoms with Crippen LogP contribution in [0.15, 0.2) is 42.5 Å². The van der Waals surface area contributed by atoms with Gasteiger partial charge in [-0.3, -0.25) is 4.79 Å². The van der Waals surface area contributed by atoms with Crippen molar-refractivity contribution in [3.8, 4) is 0 Å². The first-order chi connectivity index (χ1) is 9.99. The molecule has 114 valence electrons. The van der Waals surface area contributed by atoms with Crippen LogP contribution >= 0.6 is 11.6 Å². The summed E-state index contributed by atoms with van der Waals surface area (Å²) in [7, 11) is 0. The molecule has 0 atom stereocenters. The molecule has 1 amide bonds. The van der Waals surface area contributed by atoms with Crippen LogP contribution in [0.4, 0.5) is 4.39 Å². The molecule has 1 aromatic carbocycles. The Kier molecular flexibility index (Phi) is 7.76. The third-order valence-electron chi connectivity index (χ3n) is 2.76. The summed E-state index contributed by atoms with van der Waals surface area (Å²) < 4.78 is 13.0. The van der Waals surface area contributed by atoms with E-state index in [0.717, 1.165) is 18.4 Å². The van der Waals surface area contributed by atoms with E-state index in [1.54, 1.807) is 18.2 Å². The van der Waals surface area contributed by atoms with Gasteiger partial charge in [0.15, 0.2) is 0 Å². The molecule has 0 saturated carbocycles.